The molecule has 2 aliphatic rings. The number of nitrogens with zero attached hydrogens (tertiary/aromatic N) is 1. The molecule has 1 aromatic rings. The Kier molecular flexibility index (Phi) is 3.68. The standard InChI is InChI=1S/C17H23NO2/c1-11-3-6-16(12(2)18-19)17(7-11)20-10-15-9-13-4-5-14(15)8-13/h3,6-7,13-15,19H,4-5,8-10H2,1-2H3. The van der Waals surface area contributed by atoms with Crippen LogP contribution in [-0.2, 0) is 0 Å². The van der Waals surface area contributed by atoms with E-state index < -0.39 is 0 Å². The maximum atomic E-state index is 8.98. The van der Waals surface area contributed by atoms with Crippen LogP contribution >= 0.6 is 0 Å². The van der Waals surface area contributed by atoms with Crippen molar-refractivity contribution in [3.8, 4) is 5.75 Å². The molecule has 0 saturated heterocycles. The summed E-state index contributed by atoms with van der Waals surface area (Å²) in [5.74, 6) is 3.39. The zero-order valence-corrected chi connectivity index (χ0v) is 12.3. The van der Waals surface area contributed by atoms with Crippen LogP contribution in [0.3, 0.4) is 0 Å². The summed E-state index contributed by atoms with van der Waals surface area (Å²) in [5.41, 5.74) is 2.66. The van der Waals surface area contributed by atoms with Crippen molar-refractivity contribution in [2.75, 3.05) is 6.61 Å². The van der Waals surface area contributed by atoms with Crippen LogP contribution in [0, 0.1) is 24.7 Å². The molecule has 3 nitrogen and oxygen atoms in total. The van der Waals surface area contributed by atoms with Crippen molar-refractivity contribution in [1.29, 1.82) is 0 Å². The van der Waals surface area contributed by atoms with Gasteiger partial charge in [0.15, 0.2) is 0 Å². The molecular weight excluding hydrogens is 250 g/mol. The first kappa shape index (κ1) is 13.5. The van der Waals surface area contributed by atoms with Crippen LogP contribution in [0.1, 0.15) is 43.7 Å². The van der Waals surface area contributed by atoms with Gasteiger partial charge in [-0.15, -0.1) is 0 Å². The summed E-state index contributed by atoms with van der Waals surface area (Å²) >= 11 is 0. The Balaban J connectivity index is 1.72. The lowest BCUT2D eigenvalue weighted by Gasteiger charge is -2.22. The van der Waals surface area contributed by atoms with Crippen LogP contribution in [0.4, 0.5) is 0 Å². The van der Waals surface area contributed by atoms with Gasteiger partial charge in [-0.05, 0) is 68.6 Å². The number of benzene rings is 1. The predicted molar refractivity (Wildman–Crippen MR) is 79.6 cm³/mol. The Morgan fingerprint density at radius 3 is 2.85 bits per heavy atom. The Hall–Kier alpha value is -1.51. The number of aryl methyl sites for hydroxylation is 1. The highest BCUT2D eigenvalue weighted by Crippen LogP contribution is 2.48. The Bertz CT molecular complexity index is 524. The third kappa shape index (κ3) is 2.54. The van der Waals surface area contributed by atoms with Crippen molar-refractivity contribution in [3.05, 3.63) is 29.3 Å². The van der Waals surface area contributed by atoms with Crippen LogP contribution in [0.25, 0.3) is 0 Å². The molecule has 3 rings (SSSR count). The number of rotatable bonds is 4. The third-order valence-electron chi connectivity index (χ3n) is 5.01. The van der Waals surface area contributed by atoms with Gasteiger partial charge >= 0.3 is 0 Å². The zero-order valence-electron chi connectivity index (χ0n) is 12.3. The number of hydrogen-bond donors (Lipinski definition) is 1. The van der Waals surface area contributed by atoms with E-state index in [0.717, 1.165) is 29.8 Å². The first-order valence-electron chi connectivity index (χ1n) is 7.60. The van der Waals surface area contributed by atoms with Crippen molar-refractivity contribution in [3.63, 3.8) is 0 Å². The van der Waals surface area contributed by atoms with E-state index in [9.17, 15) is 0 Å². The molecule has 0 spiro atoms. The first-order chi connectivity index (χ1) is 9.67. The van der Waals surface area contributed by atoms with Crippen LogP contribution in [0.2, 0.25) is 0 Å². The summed E-state index contributed by atoms with van der Waals surface area (Å²) in [5, 5.41) is 12.3. The minimum absolute atomic E-state index is 0.605. The van der Waals surface area contributed by atoms with Crippen molar-refractivity contribution >= 4 is 5.71 Å². The van der Waals surface area contributed by atoms with Crippen LogP contribution in [-0.4, -0.2) is 17.5 Å². The monoisotopic (exact) mass is 273 g/mol. The van der Waals surface area contributed by atoms with Gasteiger partial charge in [-0.1, -0.05) is 17.6 Å². The molecule has 3 unspecified atom stereocenters. The average molecular weight is 273 g/mol. The summed E-state index contributed by atoms with van der Waals surface area (Å²) < 4.78 is 6.09. The summed E-state index contributed by atoms with van der Waals surface area (Å²) in [7, 11) is 0. The molecule has 0 heterocycles. The SMILES string of the molecule is CC(=NO)c1ccc(C)cc1OCC1CC2CCC1C2. The zero-order chi connectivity index (χ0) is 14.1. The van der Waals surface area contributed by atoms with Gasteiger partial charge in [-0.3, -0.25) is 0 Å². The van der Waals surface area contributed by atoms with E-state index in [0.29, 0.717) is 11.6 Å². The second-order valence-electron chi connectivity index (χ2n) is 6.43. The predicted octanol–water partition coefficient (Wildman–Crippen LogP) is 4.01. The van der Waals surface area contributed by atoms with Crippen molar-refractivity contribution in [2.45, 2.75) is 39.5 Å². The maximum Gasteiger partial charge on any atom is 0.128 e. The Morgan fingerprint density at radius 2 is 2.20 bits per heavy atom. The minimum atomic E-state index is 0.605. The third-order valence-corrected chi connectivity index (χ3v) is 5.01. The largest absolute Gasteiger partial charge is 0.493 e. The summed E-state index contributed by atoms with van der Waals surface area (Å²) in [6.45, 7) is 4.66. The first-order valence-corrected chi connectivity index (χ1v) is 7.60. The number of hydrogen-bond acceptors (Lipinski definition) is 3. The molecule has 1 N–H and O–H groups in total. The fourth-order valence-electron chi connectivity index (χ4n) is 3.88. The molecule has 108 valence electrons. The van der Waals surface area contributed by atoms with Gasteiger partial charge in [0.25, 0.3) is 0 Å². The highest BCUT2D eigenvalue weighted by atomic mass is 16.5. The summed E-state index contributed by atoms with van der Waals surface area (Å²) in [6, 6.07) is 6.03. The molecule has 2 aliphatic carbocycles. The summed E-state index contributed by atoms with van der Waals surface area (Å²) in [4.78, 5) is 0. The maximum absolute atomic E-state index is 8.98. The van der Waals surface area contributed by atoms with E-state index in [2.05, 4.69) is 12.1 Å². The highest BCUT2D eigenvalue weighted by Gasteiger charge is 2.39. The van der Waals surface area contributed by atoms with Crippen LogP contribution < -0.4 is 4.74 Å². The van der Waals surface area contributed by atoms with E-state index >= 15 is 0 Å². The smallest absolute Gasteiger partial charge is 0.128 e. The average Bonchev–Trinajstić information content (AvgIpc) is 3.07. The van der Waals surface area contributed by atoms with Gasteiger partial charge in [0.05, 0.1) is 12.3 Å². The van der Waals surface area contributed by atoms with Gasteiger partial charge < -0.3 is 9.94 Å². The van der Waals surface area contributed by atoms with Crippen LogP contribution in [0.15, 0.2) is 23.4 Å². The van der Waals surface area contributed by atoms with E-state index in [1.807, 2.05) is 18.2 Å². The van der Waals surface area contributed by atoms with Crippen molar-refractivity contribution in [1.82, 2.24) is 0 Å². The fraction of sp³-hybridized carbons (Fsp3) is 0.588. The topological polar surface area (TPSA) is 41.8 Å². The lowest BCUT2D eigenvalue weighted by molar-refractivity contribution is 0.195. The van der Waals surface area contributed by atoms with E-state index in [-0.39, 0.29) is 0 Å². The van der Waals surface area contributed by atoms with Gasteiger partial charge in [-0.25, -0.2) is 0 Å². The highest BCUT2D eigenvalue weighted by molar-refractivity contribution is 6.00. The van der Waals surface area contributed by atoms with Gasteiger partial charge in [0.2, 0.25) is 0 Å². The van der Waals surface area contributed by atoms with E-state index in [1.165, 1.54) is 31.2 Å². The van der Waals surface area contributed by atoms with Gasteiger partial charge in [-0.2, -0.15) is 0 Å². The molecule has 0 aliphatic heterocycles. The Morgan fingerprint density at radius 1 is 1.35 bits per heavy atom. The summed E-state index contributed by atoms with van der Waals surface area (Å²) in [6.07, 6.45) is 5.55. The van der Waals surface area contributed by atoms with Gasteiger partial charge in [0.1, 0.15) is 5.75 Å². The quantitative estimate of drug-likeness (QED) is 0.511. The number of fused-ring (bicyclic) bond motifs is 2. The number of oxime groups is 1. The van der Waals surface area contributed by atoms with E-state index in [4.69, 9.17) is 9.94 Å². The molecule has 0 aromatic heterocycles. The molecule has 1 aromatic carbocycles. The van der Waals surface area contributed by atoms with Gasteiger partial charge in [0, 0.05) is 5.56 Å². The van der Waals surface area contributed by atoms with E-state index in [1.54, 1.807) is 6.92 Å². The molecule has 0 amide bonds. The van der Waals surface area contributed by atoms with Crippen molar-refractivity contribution in [2.24, 2.45) is 22.9 Å². The second-order valence-corrected chi connectivity index (χ2v) is 6.43. The molecule has 0 radical (unpaired) electrons. The molecule has 20 heavy (non-hydrogen) atoms. The molecular formula is C17H23NO2. The molecule has 2 saturated carbocycles. The van der Waals surface area contributed by atoms with Crippen LogP contribution in [0.5, 0.6) is 5.75 Å². The molecule has 3 heteroatoms. The van der Waals surface area contributed by atoms with Crippen molar-refractivity contribution < 1.29 is 9.94 Å². The molecule has 2 bridgehead atoms. The lowest BCUT2D eigenvalue weighted by atomic mass is 9.89. The lowest BCUT2D eigenvalue weighted by Crippen LogP contribution is -2.19. The number of ether oxygens (including phenoxy) is 1. The fourth-order valence-corrected chi connectivity index (χ4v) is 3.88. The Labute approximate surface area is 120 Å². The minimum Gasteiger partial charge on any atom is -0.493 e. The molecule has 2 fully saturated rings. The second kappa shape index (κ2) is 5.47. The molecule has 3 atom stereocenters. The normalized spacial score (nSPS) is 28.9.